The first-order chi connectivity index (χ1) is 6.36. The molecule has 0 N–H and O–H groups in total. The standard InChI is InChI=1S/C9H12Cl2N2S/c1-9(2,3)8-12-6(10)5(14-4)7(11)13-8/h1-4H3. The van der Waals surface area contributed by atoms with Gasteiger partial charge < -0.3 is 0 Å². The van der Waals surface area contributed by atoms with Crippen LogP contribution in [0.15, 0.2) is 4.90 Å². The molecule has 78 valence electrons. The van der Waals surface area contributed by atoms with Gasteiger partial charge in [0.1, 0.15) is 16.1 Å². The van der Waals surface area contributed by atoms with Crippen LogP contribution in [0.2, 0.25) is 10.3 Å². The van der Waals surface area contributed by atoms with E-state index in [4.69, 9.17) is 23.2 Å². The molecule has 1 aromatic rings. The van der Waals surface area contributed by atoms with Crippen molar-refractivity contribution >= 4 is 35.0 Å². The van der Waals surface area contributed by atoms with Crippen molar-refractivity contribution < 1.29 is 0 Å². The van der Waals surface area contributed by atoms with Gasteiger partial charge in [-0.15, -0.1) is 11.8 Å². The zero-order valence-electron chi connectivity index (χ0n) is 8.56. The summed E-state index contributed by atoms with van der Waals surface area (Å²) in [4.78, 5) is 9.19. The Kier molecular flexibility index (Phi) is 3.67. The van der Waals surface area contributed by atoms with E-state index >= 15 is 0 Å². The van der Waals surface area contributed by atoms with Crippen LogP contribution >= 0.6 is 35.0 Å². The van der Waals surface area contributed by atoms with Crippen LogP contribution in [0.4, 0.5) is 0 Å². The summed E-state index contributed by atoms with van der Waals surface area (Å²) < 4.78 is 0. The molecule has 0 spiro atoms. The maximum Gasteiger partial charge on any atom is 0.147 e. The topological polar surface area (TPSA) is 25.8 Å². The molecule has 14 heavy (non-hydrogen) atoms. The predicted octanol–water partition coefficient (Wildman–Crippen LogP) is 3.80. The average molecular weight is 251 g/mol. The van der Waals surface area contributed by atoms with Crippen LogP contribution in [0.5, 0.6) is 0 Å². The van der Waals surface area contributed by atoms with Gasteiger partial charge in [-0.3, -0.25) is 0 Å². The normalized spacial score (nSPS) is 11.9. The molecule has 0 aliphatic carbocycles. The second-order valence-corrected chi connectivity index (χ2v) is 5.44. The minimum Gasteiger partial charge on any atom is -0.219 e. The molecule has 0 saturated carbocycles. The van der Waals surface area contributed by atoms with E-state index in [0.29, 0.717) is 16.1 Å². The summed E-state index contributed by atoms with van der Waals surface area (Å²) in [5, 5.41) is 0.866. The third-order valence-electron chi connectivity index (χ3n) is 1.66. The van der Waals surface area contributed by atoms with E-state index in [0.717, 1.165) is 4.90 Å². The Morgan fingerprint density at radius 3 is 1.79 bits per heavy atom. The fourth-order valence-corrected chi connectivity index (χ4v) is 2.18. The Labute approximate surface area is 98.4 Å². The molecule has 1 rings (SSSR count). The molecule has 1 heterocycles. The molecule has 5 heteroatoms. The van der Waals surface area contributed by atoms with Crippen molar-refractivity contribution in [3.8, 4) is 0 Å². The summed E-state index contributed by atoms with van der Waals surface area (Å²) in [7, 11) is 0. The molecule has 0 atom stereocenters. The summed E-state index contributed by atoms with van der Waals surface area (Å²) in [6.45, 7) is 6.06. The first-order valence-corrected chi connectivity index (χ1v) is 6.12. The quantitative estimate of drug-likeness (QED) is 0.560. The Bertz CT molecular complexity index is 324. The average Bonchev–Trinajstić information content (AvgIpc) is 2.01. The Hall–Kier alpha value is 0.01000. The maximum absolute atomic E-state index is 5.98. The van der Waals surface area contributed by atoms with Crippen molar-refractivity contribution in [1.82, 2.24) is 9.97 Å². The number of rotatable bonds is 1. The van der Waals surface area contributed by atoms with Gasteiger partial charge in [-0.2, -0.15) is 0 Å². The lowest BCUT2D eigenvalue weighted by Gasteiger charge is -2.17. The lowest BCUT2D eigenvalue weighted by molar-refractivity contribution is 0.543. The largest absolute Gasteiger partial charge is 0.219 e. The molecule has 0 bridgehead atoms. The van der Waals surface area contributed by atoms with Gasteiger partial charge in [0, 0.05) is 5.41 Å². The fraction of sp³-hybridized carbons (Fsp3) is 0.556. The first-order valence-electron chi connectivity index (χ1n) is 4.13. The molecule has 0 fully saturated rings. The van der Waals surface area contributed by atoms with Crippen molar-refractivity contribution in [2.45, 2.75) is 31.1 Å². The molecule has 0 aromatic carbocycles. The summed E-state index contributed by atoms with van der Waals surface area (Å²) in [5.41, 5.74) is -0.135. The van der Waals surface area contributed by atoms with Crippen LogP contribution in [-0.4, -0.2) is 16.2 Å². The zero-order chi connectivity index (χ0) is 10.9. The zero-order valence-corrected chi connectivity index (χ0v) is 10.9. The van der Waals surface area contributed by atoms with Crippen molar-refractivity contribution in [2.75, 3.05) is 6.26 Å². The number of halogens is 2. The lowest BCUT2D eigenvalue weighted by atomic mass is 9.96. The lowest BCUT2D eigenvalue weighted by Crippen LogP contribution is -2.16. The third-order valence-corrected chi connectivity index (χ3v) is 3.22. The molecule has 0 saturated heterocycles. The molecule has 0 radical (unpaired) electrons. The summed E-state index contributed by atoms with van der Waals surface area (Å²) in [6, 6.07) is 0. The first kappa shape index (κ1) is 12.1. The van der Waals surface area contributed by atoms with E-state index in [-0.39, 0.29) is 5.41 Å². The maximum atomic E-state index is 5.98. The van der Waals surface area contributed by atoms with Gasteiger partial charge >= 0.3 is 0 Å². The van der Waals surface area contributed by atoms with Crippen molar-refractivity contribution in [2.24, 2.45) is 0 Å². The van der Waals surface area contributed by atoms with E-state index in [1.165, 1.54) is 11.8 Å². The van der Waals surface area contributed by atoms with Crippen molar-refractivity contribution in [1.29, 1.82) is 0 Å². The molecule has 0 aliphatic heterocycles. The van der Waals surface area contributed by atoms with Gasteiger partial charge in [-0.1, -0.05) is 44.0 Å². The number of nitrogens with zero attached hydrogens (tertiary/aromatic N) is 2. The molecule has 2 nitrogen and oxygen atoms in total. The third kappa shape index (κ3) is 2.53. The molecule has 0 unspecified atom stereocenters. The summed E-state index contributed by atoms with van der Waals surface area (Å²) >= 11 is 13.4. The SMILES string of the molecule is CSc1c(Cl)nc(C(C)(C)C)nc1Cl. The number of thioether (sulfide) groups is 1. The van der Waals surface area contributed by atoms with E-state index in [9.17, 15) is 0 Å². The van der Waals surface area contributed by atoms with Gasteiger partial charge in [0.05, 0.1) is 4.90 Å². The highest BCUT2D eigenvalue weighted by Gasteiger charge is 2.20. The monoisotopic (exact) mass is 250 g/mol. The molecule has 0 aliphatic rings. The van der Waals surface area contributed by atoms with Crippen LogP contribution in [0.25, 0.3) is 0 Å². The highest BCUT2D eigenvalue weighted by Crippen LogP contribution is 2.32. The second kappa shape index (κ2) is 4.25. The highest BCUT2D eigenvalue weighted by molar-refractivity contribution is 7.98. The smallest absolute Gasteiger partial charge is 0.147 e. The number of hydrogen-bond acceptors (Lipinski definition) is 3. The van der Waals surface area contributed by atoms with E-state index in [2.05, 4.69) is 9.97 Å². The summed E-state index contributed by atoms with van der Waals surface area (Å²) in [6.07, 6.45) is 1.90. The van der Waals surface area contributed by atoms with Gasteiger partial charge in [0.25, 0.3) is 0 Å². The Balaban J connectivity index is 3.28. The van der Waals surface area contributed by atoms with Gasteiger partial charge in [0.2, 0.25) is 0 Å². The summed E-state index contributed by atoms with van der Waals surface area (Å²) in [5.74, 6) is 0.672. The molecular formula is C9H12Cl2N2S. The number of aromatic nitrogens is 2. The van der Waals surface area contributed by atoms with E-state index < -0.39 is 0 Å². The van der Waals surface area contributed by atoms with Crippen LogP contribution in [0.1, 0.15) is 26.6 Å². The van der Waals surface area contributed by atoms with Crippen LogP contribution in [0, 0.1) is 0 Å². The molecular weight excluding hydrogens is 239 g/mol. The van der Waals surface area contributed by atoms with Crippen LogP contribution < -0.4 is 0 Å². The van der Waals surface area contributed by atoms with Gasteiger partial charge in [-0.25, -0.2) is 9.97 Å². The number of hydrogen-bond donors (Lipinski definition) is 0. The second-order valence-electron chi connectivity index (χ2n) is 3.91. The van der Waals surface area contributed by atoms with Gasteiger partial charge in [-0.05, 0) is 6.26 Å². The van der Waals surface area contributed by atoms with E-state index in [1.54, 1.807) is 0 Å². The molecule has 1 aromatic heterocycles. The van der Waals surface area contributed by atoms with Crippen LogP contribution in [-0.2, 0) is 5.41 Å². The van der Waals surface area contributed by atoms with Crippen LogP contribution in [0.3, 0.4) is 0 Å². The van der Waals surface area contributed by atoms with E-state index in [1.807, 2.05) is 27.0 Å². The van der Waals surface area contributed by atoms with Gasteiger partial charge in [0.15, 0.2) is 0 Å². The van der Waals surface area contributed by atoms with Crippen molar-refractivity contribution in [3.05, 3.63) is 16.1 Å². The minimum atomic E-state index is -0.135. The minimum absolute atomic E-state index is 0.135. The predicted molar refractivity (Wildman–Crippen MR) is 62.5 cm³/mol. The molecule has 0 amide bonds. The Morgan fingerprint density at radius 2 is 1.50 bits per heavy atom. The van der Waals surface area contributed by atoms with Crippen molar-refractivity contribution in [3.63, 3.8) is 0 Å². The fourth-order valence-electron chi connectivity index (χ4n) is 0.901. The Morgan fingerprint density at radius 1 is 1.07 bits per heavy atom. The highest BCUT2D eigenvalue weighted by atomic mass is 35.5.